The number of hydrogen-bond donors (Lipinski definition) is 0. The fourth-order valence-corrected chi connectivity index (χ4v) is 1.74. The number of rotatable bonds is 0. The fourth-order valence-electron chi connectivity index (χ4n) is 1.74. The van der Waals surface area contributed by atoms with Gasteiger partial charge in [0.1, 0.15) is 0 Å². The first-order chi connectivity index (χ1) is 7.79. The van der Waals surface area contributed by atoms with Gasteiger partial charge in [0.25, 0.3) is 0 Å². The molecule has 1 atom stereocenters. The van der Waals surface area contributed by atoms with Gasteiger partial charge in [0, 0.05) is 6.42 Å². The Kier molecular flexibility index (Phi) is 6.62. The molecule has 2 nitrogen and oxygen atoms in total. The van der Waals surface area contributed by atoms with Crippen molar-refractivity contribution in [2.45, 2.75) is 58.0 Å². The van der Waals surface area contributed by atoms with Crippen LogP contribution in [0.15, 0.2) is 24.3 Å². The topological polar surface area (TPSA) is 26.3 Å². The molecule has 0 amide bonds. The van der Waals surface area contributed by atoms with Gasteiger partial charge in [-0.2, -0.15) is 0 Å². The lowest BCUT2D eigenvalue weighted by atomic mass is 10.1. The lowest BCUT2D eigenvalue weighted by Crippen LogP contribution is -2.14. The first-order valence-corrected chi connectivity index (χ1v) is 6.28. The molecule has 0 aromatic heterocycles. The summed E-state index contributed by atoms with van der Waals surface area (Å²) in [4.78, 5) is 11.4. The molecule has 16 heavy (non-hydrogen) atoms. The number of ether oxygens (including phenoxy) is 1. The molecule has 1 aliphatic rings. The van der Waals surface area contributed by atoms with E-state index in [0.717, 1.165) is 38.5 Å². The number of carbonyl (C=O) groups is 1. The van der Waals surface area contributed by atoms with Crippen molar-refractivity contribution < 1.29 is 9.53 Å². The largest absolute Gasteiger partial charge is 0.463 e. The van der Waals surface area contributed by atoms with Crippen molar-refractivity contribution in [2.24, 2.45) is 0 Å². The van der Waals surface area contributed by atoms with Crippen LogP contribution in [0, 0.1) is 0 Å². The van der Waals surface area contributed by atoms with Crippen LogP contribution >= 0.6 is 0 Å². The van der Waals surface area contributed by atoms with Crippen LogP contribution in [0.25, 0.3) is 0 Å². The maximum Gasteiger partial charge on any atom is 0.306 e. The van der Waals surface area contributed by atoms with Crippen LogP contribution in [-0.4, -0.2) is 12.1 Å². The normalized spacial score (nSPS) is 24.8. The highest BCUT2D eigenvalue weighted by atomic mass is 16.5. The number of carbonyl (C=O) groups excluding carboxylic acids is 1. The van der Waals surface area contributed by atoms with Gasteiger partial charge in [-0.1, -0.05) is 24.3 Å². The standard InChI is InChI=1S/C14H22O2/c1-13-11-9-7-5-3-2-4-6-8-10-12-14(15)16-13/h3-6,13H,2,7-12H2,1H3/t13-/m1/s1. The summed E-state index contributed by atoms with van der Waals surface area (Å²) in [6, 6.07) is 0. The van der Waals surface area contributed by atoms with Crippen molar-refractivity contribution in [1.29, 1.82) is 0 Å². The number of cyclic esters (lactones) is 1. The molecule has 0 saturated carbocycles. The smallest absolute Gasteiger partial charge is 0.306 e. The summed E-state index contributed by atoms with van der Waals surface area (Å²) in [7, 11) is 0. The number of allylic oxidation sites excluding steroid dienone is 4. The van der Waals surface area contributed by atoms with E-state index >= 15 is 0 Å². The second kappa shape index (κ2) is 8.14. The van der Waals surface area contributed by atoms with E-state index in [0.29, 0.717) is 6.42 Å². The molecule has 0 saturated heterocycles. The molecule has 0 aromatic rings. The molecule has 0 spiro atoms. The van der Waals surface area contributed by atoms with Crippen LogP contribution in [0.1, 0.15) is 51.9 Å². The van der Waals surface area contributed by atoms with Crippen LogP contribution in [-0.2, 0) is 9.53 Å². The Balaban J connectivity index is 2.38. The van der Waals surface area contributed by atoms with Gasteiger partial charge in [0.05, 0.1) is 6.10 Å². The number of hydrogen-bond acceptors (Lipinski definition) is 2. The molecule has 1 rings (SSSR count). The Hall–Kier alpha value is -1.05. The minimum Gasteiger partial charge on any atom is -0.463 e. The summed E-state index contributed by atoms with van der Waals surface area (Å²) in [5.74, 6) is -0.0477. The molecule has 0 N–H and O–H groups in total. The summed E-state index contributed by atoms with van der Waals surface area (Å²) < 4.78 is 5.31. The van der Waals surface area contributed by atoms with Gasteiger partial charge < -0.3 is 4.74 Å². The first kappa shape index (κ1) is 13.0. The quantitative estimate of drug-likeness (QED) is 0.460. The third kappa shape index (κ3) is 6.44. The molecule has 0 radical (unpaired) electrons. The summed E-state index contributed by atoms with van der Waals surface area (Å²) in [5, 5.41) is 0. The van der Waals surface area contributed by atoms with Gasteiger partial charge in [0.2, 0.25) is 0 Å². The molecule has 2 heteroatoms. The SMILES string of the molecule is C[C@@H]1CCCC=CCC=CCCCC(=O)O1. The summed E-state index contributed by atoms with van der Waals surface area (Å²) in [6.07, 6.45) is 15.4. The predicted octanol–water partition coefficient (Wildman–Crippen LogP) is 3.77. The lowest BCUT2D eigenvalue weighted by molar-refractivity contribution is -0.148. The first-order valence-electron chi connectivity index (χ1n) is 6.28. The third-order valence-corrected chi connectivity index (χ3v) is 2.67. The van der Waals surface area contributed by atoms with E-state index in [1.807, 2.05) is 6.92 Å². The van der Waals surface area contributed by atoms with Crippen LogP contribution in [0.5, 0.6) is 0 Å². The Morgan fingerprint density at radius 2 is 1.81 bits per heavy atom. The average Bonchev–Trinajstić information content (AvgIpc) is 2.25. The monoisotopic (exact) mass is 222 g/mol. The van der Waals surface area contributed by atoms with Crippen molar-refractivity contribution in [3.63, 3.8) is 0 Å². The van der Waals surface area contributed by atoms with Crippen molar-refractivity contribution in [3.05, 3.63) is 24.3 Å². The predicted molar refractivity (Wildman–Crippen MR) is 66.2 cm³/mol. The Morgan fingerprint density at radius 3 is 2.56 bits per heavy atom. The average molecular weight is 222 g/mol. The van der Waals surface area contributed by atoms with E-state index in [4.69, 9.17) is 4.74 Å². The molecule has 0 aliphatic carbocycles. The minimum absolute atomic E-state index is 0.0477. The van der Waals surface area contributed by atoms with E-state index in [1.165, 1.54) is 0 Å². The number of esters is 1. The highest BCUT2D eigenvalue weighted by Gasteiger charge is 2.08. The zero-order chi connectivity index (χ0) is 11.6. The summed E-state index contributed by atoms with van der Waals surface area (Å²) >= 11 is 0. The third-order valence-electron chi connectivity index (χ3n) is 2.67. The Bertz CT molecular complexity index is 253. The van der Waals surface area contributed by atoms with Crippen molar-refractivity contribution in [3.8, 4) is 0 Å². The second-order valence-corrected chi connectivity index (χ2v) is 4.30. The van der Waals surface area contributed by atoms with Gasteiger partial charge in [-0.05, 0) is 45.4 Å². The zero-order valence-corrected chi connectivity index (χ0v) is 10.2. The zero-order valence-electron chi connectivity index (χ0n) is 10.2. The van der Waals surface area contributed by atoms with Crippen LogP contribution in [0.4, 0.5) is 0 Å². The van der Waals surface area contributed by atoms with Crippen molar-refractivity contribution in [1.82, 2.24) is 0 Å². The molecule has 0 fully saturated rings. The van der Waals surface area contributed by atoms with Gasteiger partial charge in [-0.15, -0.1) is 0 Å². The molecule has 0 bridgehead atoms. The van der Waals surface area contributed by atoms with E-state index in [-0.39, 0.29) is 12.1 Å². The maximum atomic E-state index is 11.4. The van der Waals surface area contributed by atoms with Crippen LogP contribution < -0.4 is 0 Å². The van der Waals surface area contributed by atoms with Gasteiger partial charge >= 0.3 is 5.97 Å². The Labute approximate surface area is 98.4 Å². The van der Waals surface area contributed by atoms with Crippen LogP contribution in [0.3, 0.4) is 0 Å². The fraction of sp³-hybridized carbons (Fsp3) is 0.643. The van der Waals surface area contributed by atoms with Gasteiger partial charge in [-0.25, -0.2) is 0 Å². The summed E-state index contributed by atoms with van der Waals surface area (Å²) in [5.41, 5.74) is 0. The molecular weight excluding hydrogens is 200 g/mol. The minimum atomic E-state index is -0.0477. The highest BCUT2D eigenvalue weighted by molar-refractivity contribution is 5.69. The van der Waals surface area contributed by atoms with E-state index < -0.39 is 0 Å². The molecule has 1 aliphatic heterocycles. The van der Waals surface area contributed by atoms with Crippen molar-refractivity contribution in [2.75, 3.05) is 0 Å². The summed E-state index contributed by atoms with van der Waals surface area (Å²) in [6.45, 7) is 1.98. The Morgan fingerprint density at radius 1 is 1.12 bits per heavy atom. The molecule has 0 unspecified atom stereocenters. The van der Waals surface area contributed by atoms with E-state index in [1.54, 1.807) is 0 Å². The molecule has 1 heterocycles. The highest BCUT2D eigenvalue weighted by Crippen LogP contribution is 2.09. The maximum absolute atomic E-state index is 11.4. The molecule has 90 valence electrons. The van der Waals surface area contributed by atoms with E-state index in [2.05, 4.69) is 24.3 Å². The molecule has 0 aromatic carbocycles. The molecular formula is C14H22O2. The van der Waals surface area contributed by atoms with E-state index in [9.17, 15) is 4.79 Å². The lowest BCUT2D eigenvalue weighted by Gasteiger charge is -2.12. The van der Waals surface area contributed by atoms with Crippen LogP contribution in [0.2, 0.25) is 0 Å². The van der Waals surface area contributed by atoms with Crippen molar-refractivity contribution >= 4 is 5.97 Å². The van der Waals surface area contributed by atoms with Gasteiger partial charge in [-0.3, -0.25) is 4.79 Å². The second-order valence-electron chi connectivity index (χ2n) is 4.30. The van der Waals surface area contributed by atoms with Gasteiger partial charge in [0.15, 0.2) is 0 Å².